The highest BCUT2D eigenvalue weighted by Gasteiger charge is 2.12. The summed E-state index contributed by atoms with van der Waals surface area (Å²) in [7, 11) is 4.85. The van der Waals surface area contributed by atoms with E-state index in [0.717, 1.165) is 22.1 Å². The fraction of sp³-hybridized carbons (Fsp3) is 0.227. The molecule has 0 saturated carbocycles. The van der Waals surface area contributed by atoms with Gasteiger partial charge < -0.3 is 19.5 Å². The highest BCUT2D eigenvalue weighted by atomic mass is 16.5. The summed E-state index contributed by atoms with van der Waals surface area (Å²) in [5.74, 6) is 2.03. The average Bonchev–Trinajstić information content (AvgIpc) is 2.72. The van der Waals surface area contributed by atoms with E-state index in [1.165, 1.54) is 0 Å². The van der Waals surface area contributed by atoms with Crippen LogP contribution in [0.3, 0.4) is 0 Å². The lowest BCUT2D eigenvalue weighted by molar-refractivity contribution is 0.0956. The highest BCUT2D eigenvalue weighted by molar-refractivity contribution is 6.08. The van der Waals surface area contributed by atoms with E-state index in [1.54, 1.807) is 27.4 Å². The molecule has 0 saturated heterocycles. The smallest absolute Gasteiger partial charge is 0.251 e. The second kappa shape index (κ2) is 8.45. The maximum atomic E-state index is 12.7. The number of rotatable bonds is 7. The van der Waals surface area contributed by atoms with Crippen molar-refractivity contribution in [1.29, 1.82) is 0 Å². The van der Waals surface area contributed by atoms with Gasteiger partial charge in [0.2, 0.25) is 0 Å². The predicted octanol–water partition coefficient (Wildman–Crippen LogP) is 3.84. The molecule has 3 rings (SSSR count). The van der Waals surface area contributed by atoms with Gasteiger partial charge in [-0.05, 0) is 41.6 Å². The van der Waals surface area contributed by atoms with E-state index in [4.69, 9.17) is 14.2 Å². The van der Waals surface area contributed by atoms with Crippen molar-refractivity contribution in [2.45, 2.75) is 6.42 Å². The average molecular weight is 365 g/mol. The third-order valence-electron chi connectivity index (χ3n) is 4.50. The van der Waals surface area contributed by atoms with E-state index >= 15 is 0 Å². The molecule has 1 N–H and O–H groups in total. The molecule has 0 atom stereocenters. The maximum absolute atomic E-state index is 12.7. The monoisotopic (exact) mass is 365 g/mol. The first-order valence-corrected chi connectivity index (χ1v) is 8.72. The molecule has 5 heteroatoms. The van der Waals surface area contributed by atoms with Crippen molar-refractivity contribution in [3.63, 3.8) is 0 Å². The Balaban J connectivity index is 1.71. The van der Waals surface area contributed by atoms with Gasteiger partial charge in [0.25, 0.3) is 5.91 Å². The van der Waals surface area contributed by atoms with Crippen LogP contribution < -0.4 is 19.5 Å². The molecule has 0 aliphatic rings. The summed E-state index contributed by atoms with van der Waals surface area (Å²) in [5.41, 5.74) is 1.70. The molecule has 0 bridgehead atoms. The van der Waals surface area contributed by atoms with Crippen LogP contribution in [0.4, 0.5) is 0 Å². The Morgan fingerprint density at radius 1 is 0.815 bits per heavy atom. The van der Waals surface area contributed by atoms with E-state index in [0.29, 0.717) is 30.0 Å². The molecule has 0 fully saturated rings. The summed E-state index contributed by atoms with van der Waals surface area (Å²) in [5, 5.41) is 4.79. The fourth-order valence-corrected chi connectivity index (χ4v) is 3.10. The van der Waals surface area contributed by atoms with E-state index in [-0.39, 0.29) is 5.91 Å². The van der Waals surface area contributed by atoms with Crippen molar-refractivity contribution in [3.05, 3.63) is 65.7 Å². The number of hydrogen-bond acceptors (Lipinski definition) is 4. The van der Waals surface area contributed by atoms with Gasteiger partial charge in [-0.25, -0.2) is 0 Å². The number of carbonyl (C=O) groups is 1. The molecule has 0 aliphatic heterocycles. The summed E-state index contributed by atoms with van der Waals surface area (Å²) in [4.78, 5) is 12.7. The first-order chi connectivity index (χ1) is 13.2. The van der Waals surface area contributed by atoms with Crippen molar-refractivity contribution in [2.75, 3.05) is 27.9 Å². The molecular formula is C22H23NO4. The summed E-state index contributed by atoms with van der Waals surface area (Å²) >= 11 is 0. The van der Waals surface area contributed by atoms with Gasteiger partial charge in [-0.1, -0.05) is 30.3 Å². The Hall–Kier alpha value is -3.21. The molecule has 0 heterocycles. The minimum Gasteiger partial charge on any atom is -0.496 e. The van der Waals surface area contributed by atoms with Gasteiger partial charge in [-0.15, -0.1) is 0 Å². The van der Waals surface area contributed by atoms with Crippen LogP contribution in [-0.4, -0.2) is 33.8 Å². The topological polar surface area (TPSA) is 56.8 Å². The first kappa shape index (κ1) is 18.6. The molecule has 0 unspecified atom stereocenters. The summed E-state index contributed by atoms with van der Waals surface area (Å²) in [6.07, 6.45) is 0.695. The Morgan fingerprint density at radius 3 is 2.19 bits per heavy atom. The van der Waals surface area contributed by atoms with Gasteiger partial charge in [0.15, 0.2) is 11.5 Å². The maximum Gasteiger partial charge on any atom is 0.251 e. The zero-order valence-electron chi connectivity index (χ0n) is 15.7. The Morgan fingerprint density at radius 2 is 1.48 bits per heavy atom. The zero-order valence-corrected chi connectivity index (χ0v) is 15.7. The lowest BCUT2D eigenvalue weighted by atomic mass is 10.0. The number of benzene rings is 3. The number of fused-ring (bicyclic) bond motifs is 1. The molecule has 0 aromatic heterocycles. The second-order valence-corrected chi connectivity index (χ2v) is 6.06. The lowest BCUT2D eigenvalue weighted by Gasteiger charge is -2.12. The normalized spacial score (nSPS) is 10.5. The number of hydrogen-bond donors (Lipinski definition) is 1. The number of amides is 1. The Labute approximate surface area is 158 Å². The van der Waals surface area contributed by atoms with Crippen molar-refractivity contribution in [1.82, 2.24) is 5.32 Å². The number of methoxy groups -OCH3 is 3. The Kier molecular flexibility index (Phi) is 5.81. The van der Waals surface area contributed by atoms with Gasteiger partial charge in [0, 0.05) is 17.5 Å². The summed E-state index contributed by atoms with van der Waals surface area (Å²) in [6.45, 7) is 0.522. The van der Waals surface area contributed by atoms with E-state index in [2.05, 4.69) is 5.32 Å². The van der Waals surface area contributed by atoms with Gasteiger partial charge in [-0.3, -0.25) is 4.79 Å². The largest absolute Gasteiger partial charge is 0.496 e. The molecule has 3 aromatic rings. The third kappa shape index (κ3) is 3.97. The van der Waals surface area contributed by atoms with Crippen LogP contribution in [0.2, 0.25) is 0 Å². The van der Waals surface area contributed by atoms with Crippen LogP contribution in [-0.2, 0) is 6.42 Å². The third-order valence-corrected chi connectivity index (χ3v) is 4.50. The zero-order chi connectivity index (χ0) is 19.2. The van der Waals surface area contributed by atoms with Crippen molar-refractivity contribution in [3.8, 4) is 17.2 Å². The van der Waals surface area contributed by atoms with Crippen molar-refractivity contribution >= 4 is 16.7 Å². The molecule has 5 nitrogen and oxygen atoms in total. The molecule has 27 heavy (non-hydrogen) atoms. The van der Waals surface area contributed by atoms with Crippen LogP contribution in [0.25, 0.3) is 10.8 Å². The molecule has 3 aromatic carbocycles. The lowest BCUT2D eigenvalue weighted by Crippen LogP contribution is -2.25. The van der Waals surface area contributed by atoms with Crippen LogP contribution in [0.5, 0.6) is 17.2 Å². The number of ether oxygens (including phenoxy) is 3. The van der Waals surface area contributed by atoms with Crippen molar-refractivity contribution in [2.24, 2.45) is 0 Å². The quantitative estimate of drug-likeness (QED) is 0.691. The van der Waals surface area contributed by atoms with Gasteiger partial charge in [-0.2, -0.15) is 0 Å². The van der Waals surface area contributed by atoms with Crippen LogP contribution in [0, 0.1) is 0 Å². The molecule has 1 amide bonds. The highest BCUT2D eigenvalue weighted by Crippen LogP contribution is 2.29. The van der Waals surface area contributed by atoms with E-state index in [9.17, 15) is 4.79 Å². The number of nitrogens with one attached hydrogen (secondary N) is 1. The van der Waals surface area contributed by atoms with Gasteiger partial charge in [0.05, 0.1) is 21.3 Å². The standard InChI is InChI=1S/C22H23NO4/c1-25-19-11-9-18(16-6-4-5-7-17(16)19)22(24)23-13-12-15-8-10-20(26-2)21(14-15)27-3/h4-11,14H,12-13H2,1-3H3,(H,23,24). The molecule has 0 aliphatic carbocycles. The molecule has 0 spiro atoms. The fourth-order valence-electron chi connectivity index (χ4n) is 3.10. The summed E-state index contributed by atoms with van der Waals surface area (Å²) < 4.78 is 16.0. The molecule has 140 valence electrons. The SMILES string of the molecule is COc1ccc(CCNC(=O)c2ccc(OC)c3ccccc23)cc1OC. The molecule has 0 radical (unpaired) electrons. The molecular weight excluding hydrogens is 342 g/mol. The van der Waals surface area contributed by atoms with Gasteiger partial charge in [0.1, 0.15) is 5.75 Å². The Bertz CT molecular complexity index is 952. The van der Waals surface area contributed by atoms with E-state index < -0.39 is 0 Å². The minimum atomic E-state index is -0.102. The first-order valence-electron chi connectivity index (χ1n) is 8.72. The van der Waals surface area contributed by atoms with E-state index in [1.807, 2.05) is 48.5 Å². The van der Waals surface area contributed by atoms with Crippen LogP contribution >= 0.6 is 0 Å². The minimum absolute atomic E-state index is 0.102. The van der Waals surface area contributed by atoms with Crippen molar-refractivity contribution < 1.29 is 19.0 Å². The number of carbonyl (C=O) groups excluding carboxylic acids is 1. The summed E-state index contributed by atoms with van der Waals surface area (Å²) in [6, 6.07) is 17.1. The van der Waals surface area contributed by atoms with Crippen LogP contribution in [0.1, 0.15) is 15.9 Å². The van der Waals surface area contributed by atoms with Gasteiger partial charge >= 0.3 is 0 Å². The predicted molar refractivity (Wildman–Crippen MR) is 106 cm³/mol. The van der Waals surface area contributed by atoms with Crippen LogP contribution in [0.15, 0.2) is 54.6 Å². The second-order valence-electron chi connectivity index (χ2n) is 6.06.